The van der Waals surface area contributed by atoms with Crippen molar-refractivity contribution in [3.63, 3.8) is 0 Å². The first-order valence-corrected chi connectivity index (χ1v) is 15.7. The Labute approximate surface area is 273 Å². The molecule has 5 rings (SSSR count). The van der Waals surface area contributed by atoms with E-state index in [0.29, 0.717) is 23.7 Å². The summed E-state index contributed by atoms with van der Waals surface area (Å²) in [5, 5.41) is 15.3. The molecule has 0 radical (unpaired) electrons. The van der Waals surface area contributed by atoms with Crippen LogP contribution >= 0.6 is 0 Å². The van der Waals surface area contributed by atoms with Crippen molar-refractivity contribution < 1.29 is 36.7 Å². The van der Waals surface area contributed by atoms with Gasteiger partial charge in [0.2, 0.25) is 0 Å². The summed E-state index contributed by atoms with van der Waals surface area (Å²) in [5.41, 5.74) is 5.28. The lowest BCUT2D eigenvalue weighted by atomic mass is 10.00. The summed E-state index contributed by atoms with van der Waals surface area (Å²) in [7, 11) is 4.55. The lowest BCUT2D eigenvalue weighted by Gasteiger charge is -2.39. The predicted octanol–water partition coefficient (Wildman–Crippen LogP) is 3.41. The Morgan fingerprint density at radius 1 is 0.915 bits per heavy atom. The van der Waals surface area contributed by atoms with Gasteiger partial charge < -0.3 is 25.0 Å². The lowest BCUT2D eigenvalue weighted by Crippen LogP contribution is -2.54. The number of likely N-dealkylation sites (N-methyl/N-ethyl adjacent to an activating group) is 1. The average Bonchev–Trinajstić information content (AvgIpc) is 3.02. The summed E-state index contributed by atoms with van der Waals surface area (Å²) in [6.45, 7) is 11.7. The second-order valence-electron chi connectivity index (χ2n) is 12.9. The smallest absolute Gasteiger partial charge is 0.430 e. The number of nitrogens with zero attached hydrogens (tertiary/aromatic N) is 3. The van der Waals surface area contributed by atoms with E-state index < -0.39 is 12.1 Å². The van der Waals surface area contributed by atoms with Gasteiger partial charge in [-0.05, 0) is 59.5 Å². The summed E-state index contributed by atoms with van der Waals surface area (Å²) < 4.78 is 47.5. The third kappa shape index (κ3) is 11.1. The molecule has 2 aliphatic rings. The number of amides is 1. The zero-order chi connectivity index (χ0) is 34.2. The summed E-state index contributed by atoms with van der Waals surface area (Å²) >= 11 is 0. The molecule has 47 heavy (non-hydrogen) atoms. The molecule has 2 heterocycles. The van der Waals surface area contributed by atoms with Crippen LogP contribution in [0.1, 0.15) is 34.0 Å². The highest BCUT2D eigenvalue weighted by Gasteiger charge is 2.29. The molecule has 0 saturated carbocycles. The van der Waals surface area contributed by atoms with Crippen molar-refractivity contribution in [2.45, 2.75) is 38.8 Å². The number of benzene rings is 3. The number of halogens is 4. The highest BCUT2D eigenvalue weighted by Crippen LogP contribution is 2.26. The molecule has 2 aliphatic heterocycles. The van der Waals surface area contributed by atoms with Gasteiger partial charge in [0.15, 0.2) is 0 Å². The van der Waals surface area contributed by atoms with Crippen LogP contribution in [0.5, 0.6) is 0 Å². The number of hydrogen-bond acceptors (Lipinski definition) is 6. The molecule has 3 aromatic carbocycles. The maximum absolute atomic E-state index is 14.9. The highest BCUT2D eigenvalue weighted by molar-refractivity contribution is 5.94. The number of quaternary nitrogens is 1. The number of aliphatic carboxylic acids is 1. The normalized spacial score (nSPS) is 18.6. The molecule has 254 valence electrons. The Hall–Kier alpha value is -3.84. The minimum absolute atomic E-state index is 0.114. The molecule has 2 N–H and O–H groups in total. The van der Waals surface area contributed by atoms with Gasteiger partial charge in [-0.2, -0.15) is 13.2 Å². The maximum atomic E-state index is 14.9. The molecule has 3 aromatic rings. The number of carboxylic acids is 1. The third-order valence-electron chi connectivity index (χ3n) is 8.45. The van der Waals surface area contributed by atoms with Gasteiger partial charge in [0.25, 0.3) is 5.91 Å². The van der Waals surface area contributed by atoms with Gasteiger partial charge in [0.05, 0.1) is 27.2 Å². The molecule has 2 fully saturated rings. The maximum Gasteiger partial charge on any atom is 0.430 e. The largest absolute Gasteiger partial charge is 0.542 e. The van der Waals surface area contributed by atoms with Crippen molar-refractivity contribution in [2.75, 3.05) is 59.9 Å². The Morgan fingerprint density at radius 2 is 1.55 bits per heavy atom. The topological polar surface area (TPSA) is 87.7 Å². The Bertz CT molecular complexity index is 1520. The number of rotatable bonds is 8. The van der Waals surface area contributed by atoms with Crippen molar-refractivity contribution in [3.05, 3.63) is 94.8 Å². The van der Waals surface area contributed by atoms with Gasteiger partial charge >= 0.3 is 6.18 Å². The first-order chi connectivity index (χ1) is 22.2. The second kappa shape index (κ2) is 15.8. The van der Waals surface area contributed by atoms with E-state index in [1.807, 2.05) is 36.4 Å². The minimum atomic E-state index is -5.19. The molecule has 2 saturated heterocycles. The SMILES string of the molecule is C[C@H]1CN(Cc2cccc(-c3cc(CNC(=O)c4cccc(CN5CC[N+](C)(C)CC5)c4)ccc3F)c2)CCN1.O=C([O-])C(F)(F)F. The molecule has 1 amide bonds. The van der Waals surface area contributed by atoms with E-state index in [9.17, 15) is 22.4 Å². The van der Waals surface area contributed by atoms with Crippen molar-refractivity contribution in [3.8, 4) is 11.1 Å². The standard InChI is InChI=1S/C33H42FN5O.C2HF3O2/c1-25-22-38(13-12-35-25)24-27-6-4-8-29(18-27)31-20-26(10-11-32(31)34)21-36-33(40)30-9-5-7-28(19-30)23-37-14-16-39(2,3)17-15-37;3-2(4,5)1(6)7/h4-11,18-20,25,35H,12-17,21-24H2,1-3H3;(H,6,7)/t25-;/m0./s1. The first kappa shape index (κ1) is 36.0. The summed E-state index contributed by atoms with van der Waals surface area (Å²) in [4.78, 5) is 26.7. The van der Waals surface area contributed by atoms with Crippen LogP contribution < -0.4 is 15.7 Å². The van der Waals surface area contributed by atoms with Crippen molar-refractivity contribution >= 4 is 11.9 Å². The number of hydrogen-bond donors (Lipinski definition) is 2. The van der Waals surface area contributed by atoms with Crippen LogP contribution in [0.2, 0.25) is 0 Å². The van der Waals surface area contributed by atoms with Crippen LogP contribution in [0.15, 0.2) is 66.7 Å². The first-order valence-electron chi connectivity index (χ1n) is 15.7. The van der Waals surface area contributed by atoms with Gasteiger partial charge in [0.1, 0.15) is 11.8 Å². The van der Waals surface area contributed by atoms with E-state index >= 15 is 0 Å². The fourth-order valence-electron chi connectivity index (χ4n) is 5.71. The van der Waals surface area contributed by atoms with Gasteiger partial charge in [-0.15, -0.1) is 0 Å². The van der Waals surface area contributed by atoms with Crippen molar-refractivity contribution in [2.24, 2.45) is 0 Å². The van der Waals surface area contributed by atoms with Gasteiger partial charge in [0, 0.05) is 69.5 Å². The molecule has 0 unspecified atom stereocenters. The van der Waals surface area contributed by atoms with Gasteiger partial charge in [-0.3, -0.25) is 14.6 Å². The van der Waals surface area contributed by atoms with E-state index in [2.05, 4.69) is 59.7 Å². The molecule has 1 atom stereocenters. The zero-order valence-corrected chi connectivity index (χ0v) is 27.1. The molecule has 0 spiro atoms. The summed E-state index contributed by atoms with van der Waals surface area (Å²) in [6, 6.07) is 21.6. The second-order valence-corrected chi connectivity index (χ2v) is 12.9. The van der Waals surface area contributed by atoms with E-state index in [1.54, 1.807) is 6.07 Å². The monoisotopic (exact) mass is 657 g/mol. The van der Waals surface area contributed by atoms with Crippen LogP contribution in [0, 0.1) is 5.82 Å². The Balaban J connectivity index is 0.000000644. The number of piperazine rings is 2. The van der Waals surface area contributed by atoms with Gasteiger partial charge in [-0.25, -0.2) is 4.39 Å². The average molecular weight is 658 g/mol. The Kier molecular flexibility index (Phi) is 12.1. The van der Waals surface area contributed by atoms with Crippen LogP contribution in [-0.4, -0.2) is 98.3 Å². The number of carbonyl (C=O) groups excluding carboxylic acids is 2. The van der Waals surface area contributed by atoms with Crippen LogP contribution in [-0.2, 0) is 24.4 Å². The summed E-state index contributed by atoms with van der Waals surface area (Å²) in [6.07, 6.45) is -5.19. The molecule has 0 bridgehead atoms. The molecule has 0 aromatic heterocycles. The van der Waals surface area contributed by atoms with E-state index in [4.69, 9.17) is 9.90 Å². The van der Waals surface area contributed by atoms with Crippen LogP contribution in [0.3, 0.4) is 0 Å². The van der Waals surface area contributed by atoms with Crippen molar-refractivity contribution in [1.82, 2.24) is 20.4 Å². The Morgan fingerprint density at radius 3 is 2.21 bits per heavy atom. The predicted molar refractivity (Wildman–Crippen MR) is 170 cm³/mol. The number of carbonyl (C=O) groups is 2. The molecular formula is C35H43F4N5O3. The fourth-order valence-corrected chi connectivity index (χ4v) is 5.71. The number of nitrogens with one attached hydrogen (secondary N) is 2. The zero-order valence-electron chi connectivity index (χ0n) is 27.1. The molecule has 0 aliphatic carbocycles. The molecule has 12 heteroatoms. The lowest BCUT2D eigenvalue weighted by molar-refractivity contribution is -0.894. The quantitative estimate of drug-likeness (QED) is 0.286. The van der Waals surface area contributed by atoms with E-state index in [-0.39, 0.29) is 11.7 Å². The highest BCUT2D eigenvalue weighted by atomic mass is 19.4. The number of alkyl halides is 3. The van der Waals surface area contributed by atoms with Crippen LogP contribution in [0.25, 0.3) is 11.1 Å². The van der Waals surface area contributed by atoms with Crippen molar-refractivity contribution in [1.29, 1.82) is 0 Å². The fraction of sp³-hybridized carbons (Fsp3) is 0.429. The van der Waals surface area contributed by atoms with Gasteiger partial charge in [-0.1, -0.05) is 36.4 Å². The van der Waals surface area contributed by atoms with E-state index in [1.165, 1.54) is 11.6 Å². The third-order valence-corrected chi connectivity index (χ3v) is 8.45. The minimum Gasteiger partial charge on any atom is -0.542 e. The van der Waals surface area contributed by atoms with Crippen LogP contribution in [0.4, 0.5) is 17.6 Å². The number of carboxylic acid groups (broad SMARTS) is 1. The molecule has 8 nitrogen and oxygen atoms in total. The van der Waals surface area contributed by atoms with E-state index in [0.717, 1.165) is 80.1 Å². The summed E-state index contributed by atoms with van der Waals surface area (Å²) in [5.74, 6) is -3.38. The molecular weight excluding hydrogens is 614 g/mol.